The molecule has 0 saturated carbocycles. The number of methoxy groups -OCH3 is 3. The summed E-state index contributed by atoms with van der Waals surface area (Å²) in [7, 11) is 4.36. The van der Waals surface area contributed by atoms with Crippen LogP contribution in [0.15, 0.2) is 42.6 Å². The number of pyridine rings is 1. The van der Waals surface area contributed by atoms with E-state index in [-0.39, 0.29) is 22.6 Å². The molecule has 1 aliphatic heterocycles. The molecular weight excluding hydrogens is 443 g/mol. The van der Waals surface area contributed by atoms with Crippen molar-refractivity contribution in [3.63, 3.8) is 0 Å². The number of fused-ring (bicyclic) bond motifs is 3. The second-order valence-corrected chi connectivity index (χ2v) is 7.55. The first-order valence-electron chi connectivity index (χ1n) is 10.2. The van der Waals surface area contributed by atoms with Gasteiger partial charge in [0.25, 0.3) is 11.8 Å². The van der Waals surface area contributed by atoms with Crippen LogP contribution in [-0.4, -0.2) is 47.9 Å². The van der Waals surface area contributed by atoms with Crippen LogP contribution < -0.4 is 19.1 Å². The highest BCUT2D eigenvalue weighted by Gasteiger charge is 2.40. The van der Waals surface area contributed by atoms with Crippen LogP contribution in [0.5, 0.6) is 17.2 Å². The minimum Gasteiger partial charge on any atom is -0.493 e. The molecule has 0 unspecified atom stereocenters. The van der Waals surface area contributed by atoms with Gasteiger partial charge in [0, 0.05) is 18.3 Å². The van der Waals surface area contributed by atoms with Crippen LogP contribution in [0.25, 0.3) is 16.7 Å². The van der Waals surface area contributed by atoms with Crippen LogP contribution in [0, 0.1) is 12.7 Å². The first-order chi connectivity index (χ1) is 16.4. The van der Waals surface area contributed by atoms with Crippen molar-refractivity contribution >= 4 is 28.5 Å². The fourth-order valence-corrected chi connectivity index (χ4v) is 4.15. The molecular formula is C24H19FN4O5. The molecule has 0 atom stereocenters. The molecule has 0 spiro atoms. The first kappa shape index (κ1) is 21.4. The lowest BCUT2D eigenvalue weighted by molar-refractivity contribution is 0.0926. The monoisotopic (exact) mass is 462 g/mol. The molecule has 2 aromatic heterocycles. The third kappa shape index (κ3) is 2.99. The summed E-state index contributed by atoms with van der Waals surface area (Å²) in [4.78, 5) is 32.4. The number of amides is 2. The fourth-order valence-electron chi connectivity index (χ4n) is 4.15. The number of aryl methyl sites for hydroxylation is 1. The summed E-state index contributed by atoms with van der Waals surface area (Å²) in [5.41, 5.74) is 2.09. The number of ether oxygens (including phenoxy) is 3. The number of aromatic nitrogens is 3. The van der Waals surface area contributed by atoms with Gasteiger partial charge in [0.05, 0.1) is 54.9 Å². The molecule has 9 nitrogen and oxygen atoms in total. The Morgan fingerprint density at radius 3 is 2.12 bits per heavy atom. The lowest BCUT2D eigenvalue weighted by atomic mass is 10.1. The third-order valence-electron chi connectivity index (χ3n) is 5.70. The molecule has 0 aliphatic carbocycles. The van der Waals surface area contributed by atoms with Gasteiger partial charge in [0.15, 0.2) is 17.1 Å². The maximum absolute atomic E-state index is 13.6. The zero-order valence-electron chi connectivity index (χ0n) is 18.7. The van der Waals surface area contributed by atoms with Gasteiger partial charge in [-0.25, -0.2) is 19.0 Å². The van der Waals surface area contributed by atoms with Crippen LogP contribution in [0.3, 0.4) is 0 Å². The molecule has 1 aliphatic rings. The van der Waals surface area contributed by atoms with Gasteiger partial charge < -0.3 is 14.2 Å². The van der Waals surface area contributed by atoms with Crippen molar-refractivity contribution in [2.75, 3.05) is 26.2 Å². The van der Waals surface area contributed by atoms with Crippen LogP contribution >= 0.6 is 0 Å². The molecule has 0 saturated heterocycles. The van der Waals surface area contributed by atoms with Gasteiger partial charge in [-0.1, -0.05) is 0 Å². The number of halogens is 1. The van der Waals surface area contributed by atoms with Crippen molar-refractivity contribution in [3.8, 4) is 22.9 Å². The number of anilines is 1. The van der Waals surface area contributed by atoms with E-state index in [2.05, 4.69) is 10.1 Å². The van der Waals surface area contributed by atoms with E-state index >= 15 is 0 Å². The normalized spacial score (nSPS) is 12.9. The molecule has 0 fully saturated rings. The van der Waals surface area contributed by atoms with Gasteiger partial charge in [0.1, 0.15) is 5.82 Å². The van der Waals surface area contributed by atoms with E-state index in [4.69, 9.17) is 14.2 Å². The minimum absolute atomic E-state index is 0.160. The quantitative estimate of drug-likeness (QED) is 0.418. The molecule has 5 rings (SSSR count). The number of hydrogen-bond donors (Lipinski definition) is 0. The molecule has 0 bridgehead atoms. The van der Waals surface area contributed by atoms with E-state index in [1.54, 1.807) is 19.1 Å². The first-order valence-corrected chi connectivity index (χ1v) is 10.2. The molecule has 34 heavy (non-hydrogen) atoms. The summed E-state index contributed by atoms with van der Waals surface area (Å²) in [6, 6.07) is 8.81. The van der Waals surface area contributed by atoms with E-state index in [0.717, 1.165) is 4.90 Å². The zero-order valence-corrected chi connectivity index (χ0v) is 18.7. The second kappa shape index (κ2) is 7.84. The Morgan fingerprint density at radius 2 is 1.53 bits per heavy atom. The Bertz CT molecular complexity index is 1450. The average Bonchev–Trinajstić information content (AvgIpc) is 3.31. The summed E-state index contributed by atoms with van der Waals surface area (Å²) in [5, 5.41) is 4.95. The molecule has 10 heteroatoms. The number of nitrogens with zero attached hydrogens (tertiary/aromatic N) is 4. The summed E-state index contributed by atoms with van der Waals surface area (Å²) in [5.74, 6) is -0.492. The molecule has 0 N–H and O–H groups in total. The number of rotatable bonds is 5. The SMILES string of the molecule is COc1cc(N2C(=O)c3cnc4c(c(C)nn4-c4ccc(F)cc4)c3C2=O)cc(OC)c1OC. The number of imide groups is 1. The highest BCUT2D eigenvalue weighted by atomic mass is 19.1. The number of carbonyl (C=O) groups is 2. The highest BCUT2D eigenvalue weighted by Crippen LogP contribution is 2.43. The smallest absolute Gasteiger partial charge is 0.267 e. The van der Waals surface area contributed by atoms with E-state index in [0.29, 0.717) is 39.7 Å². The second-order valence-electron chi connectivity index (χ2n) is 7.55. The summed E-state index contributed by atoms with van der Waals surface area (Å²) >= 11 is 0. The Balaban J connectivity index is 1.68. The highest BCUT2D eigenvalue weighted by molar-refractivity contribution is 6.37. The van der Waals surface area contributed by atoms with Gasteiger partial charge in [-0.15, -0.1) is 0 Å². The Labute approximate surface area is 193 Å². The Morgan fingerprint density at radius 1 is 0.882 bits per heavy atom. The van der Waals surface area contributed by atoms with E-state index in [1.807, 2.05) is 0 Å². The summed E-state index contributed by atoms with van der Waals surface area (Å²) in [6.45, 7) is 1.73. The number of carbonyl (C=O) groups excluding carboxylic acids is 2. The largest absolute Gasteiger partial charge is 0.493 e. The van der Waals surface area contributed by atoms with Crippen molar-refractivity contribution in [3.05, 3.63) is 65.2 Å². The summed E-state index contributed by atoms with van der Waals surface area (Å²) in [6.07, 6.45) is 1.36. The Hall–Kier alpha value is -4.47. The van der Waals surface area contributed by atoms with Gasteiger partial charge in [-0.2, -0.15) is 5.10 Å². The van der Waals surface area contributed by atoms with E-state index in [9.17, 15) is 14.0 Å². The van der Waals surface area contributed by atoms with Crippen molar-refractivity contribution in [2.24, 2.45) is 0 Å². The van der Waals surface area contributed by atoms with Crippen LogP contribution in [-0.2, 0) is 0 Å². The maximum atomic E-state index is 13.6. The zero-order chi connectivity index (χ0) is 24.1. The standard InChI is InChI=1S/C24H19FN4O5/c1-12-19-20-16(11-26-22(19)29(27-12)14-7-5-13(25)6-8-14)23(30)28(24(20)31)15-9-17(32-2)21(34-4)18(10-15)33-3/h5-11H,1-4H3. The van der Waals surface area contributed by atoms with Gasteiger partial charge >= 0.3 is 0 Å². The lowest BCUT2D eigenvalue weighted by Gasteiger charge is -2.18. The molecule has 172 valence electrons. The minimum atomic E-state index is -0.530. The maximum Gasteiger partial charge on any atom is 0.267 e. The number of benzene rings is 2. The molecule has 2 aromatic carbocycles. The number of hydrogen-bond acceptors (Lipinski definition) is 7. The fraction of sp³-hybridized carbons (Fsp3) is 0.167. The van der Waals surface area contributed by atoms with Gasteiger partial charge in [-0.05, 0) is 31.2 Å². The third-order valence-corrected chi connectivity index (χ3v) is 5.70. The van der Waals surface area contributed by atoms with E-state index < -0.39 is 11.8 Å². The van der Waals surface area contributed by atoms with Crippen LogP contribution in [0.2, 0.25) is 0 Å². The van der Waals surface area contributed by atoms with E-state index in [1.165, 1.54) is 56.5 Å². The van der Waals surface area contributed by atoms with Crippen LogP contribution in [0.4, 0.5) is 10.1 Å². The van der Waals surface area contributed by atoms with Crippen LogP contribution in [0.1, 0.15) is 26.4 Å². The Kier molecular flexibility index (Phi) is 4.93. The van der Waals surface area contributed by atoms with Crippen molar-refractivity contribution in [2.45, 2.75) is 6.92 Å². The molecule has 2 amide bonds. The topological polar surface area (TPSA) is 95.8 Å². The predicted octanol–water partition coefficient (Wildman–Crippen LogP) is 3.69. The van der Waals surface area contributed by atoms with Gasteiger partial charge in [-0.3, -0.25) is 9.59 Å². The molecule has 0 radical (unpaired) electrons. The van der Waals surface area contributed by atoms with Gasteiger partial charge in [0.2, 0.25) is 5.75 Å². The van der Waals surface area contributed by atoms with Crippen molar-refractivity contribution in [1.29, 1.82) is 0 Å². The molecule has 3 heterocycles. The summed E-state index contributed by atoms with van der Waals surface area (Å²) < 4.78 is 31.0. The molecule has 4 aromatic rings. The average molecular weight is 462 g/mol. The lowest BCUT2D eigenvalue weighted by Crippen LogP contribution is -2.29. The predicted molar refractivity (Wildman–Crippen MR) is 121 cm³/mol. The van der Waals surface area contributed by atoms with Crippen molar-refractivity contribution in [1.82, 2.24) is 14.8 Å². The van der Waals surface area contributed by atoms with Crippen molar-refractivity contribution < 1.29 is 28.2 Å².